The van der Waals surface area contributed by atoms with Gasteiger partial charge in [-0.25, -0.2) is 4.98 Å². The van der Waals surface area contributed by atoms with E-state index in [0.29, 0.717) is 16.9 Å². The van der Waals surface area contributed by atoms with Crippen LogP contribution in [0.1, 0.15) is 6.85 Å². The molecule has 0 bridgehead atoms. The fourth-order valence-electron chi connectivity index (χ4n) is 7.58. The van der Waals surface area contributed by atoms with Gasteiger partial charge in [0.15, 0.2) is 0 Å². The van der Waals surface area contributed by atoms with Crippen LogP contribution in [-0.4, -0.2) is 9.55 Å². The van der Waals surface area contributed by atoms with Crippen molar-refractivity contribution in [3.05, 3.63) is 182 Å². The molecule has 10 aromatic rings. The fourth-order valence-corrected chi connectivity index (χ4v) is 7.58. The minimum absolute atomic E-state index is 0.0718. The van der Waals surface area contributed by atoms with Crippen molar-refractivity contribution in [2.45, 2.75) is 0 Å². The second-order valence-corrected chi connectivity index (χ2v) is 12.3. The van der Waals surface area contributed by atoms with Gasteiger partial charge in [0, 0.05) is 11.3 Å². The van der Waals surface area contributed by atoms with Gasteiger partial charge in [-0.1, -0.05) is 152 Å². The molecule has 0 aliphatic heterocycles. The van der Waals surface area contributed by atoms with Gasteiger partial charge in [-0.2, -0.15) is 0 Å². The molecule has 49 heavy (non-hydrogen) atoms. The number of aromatic nitrogens is 2. The number of fused-ring (bicyclic) bond motifs is 6. The summed E-state index contributed by atoms with van der Waals surface area (Å²) in [5.74, 6) is 0.495. The maximum Gasteiger partial charge on any atom is 0.145 e. The molecule has 9 aromatic carbocycles. The summed E-state index contributed by atoms with van der Waals surface area (Å²) in [5.41, 5.74) is 6.71. The highest BCUT2D eigenvalue weighted by molar-refractivity contribution is 6.25. The number of nitrogens with zero attached hydrogens (tertiary/aromatic N) is 2. The van der Waals surface area contributed by atoms with E-state index in [0.717, 1.165) is 27.5 Å². The summed E-state index contributed by atoms with van der Waals surface area (Å²) in [6.45, 7) is 0. The van der Waals surface area contributed by atoms with Crippen molar-refractivity contribution >= 4 is 54.1 Å². The van der Waals surface area contributed by atoms with Gasteiger partial charge >= 0.3 is 0 Å². The summed E-state index contributed by atoms with van der Waals surface area (Å²) < 4.78 is 44.2. The third kappa shape index (κ3) is 4.31. The molecular weight excluding hydrogens is 593 g/mol. The Bertz CT molecular complexity index is 3080. The standard InChI is InChI=1S/C47H30N2/c1-2-15-34(16-3-1)49-44-25-13-12-24-43(44)48-47(49)32-28-26-31(27-29-32)45-38-20-8-10-22-40(38)46(41-23-11-9-21-39(41)45)42-30-33-14-4-5-17-35(33)36-18-6-7-19-37(36)42/h1-30H/i1D,2D,3D,15D,16D. The second-order valence-electron chi connectivity index (χ2n) is 12.3. The Balaban J connectivity index is 1.20. The Morgan fingerprint density at radius 2 is 0.980 bits per heavy atom. The van der Waals surface area contributed by atoms with E-state index in [4.69, 9.17) is 11.8 Å². The lowest BCUT2D eigenvalue weighted by Gasteiger charge is -2.19. The van der Waals surface area contributed by atoms with Crippen molar-refractivity contribution < 1.29 is 6.85 Å². The van der Waals surface area contributed by atoms with Crippen molar-refractivity contribution in [2.24, 2.45) is 0 Å². The maximum atomic E-state index is 8.79. The zero-order chi connectivity index (χ0) is 36.7. The van der Waals surface area contributed by atoms with Crippen LogP contribution in [0.25, 0.3) is 93.5 Å². The zero-order valence-electron chi connectivity index (χ0n) is 31.3. The van der Waals surface area contributed by atoms with Crippen molar-refractivity contribution in [3.8, 4) is 39.3 Å². The minimum atomic E-state index is -0.427. The molecule has 0 atom stereocenters. The summed E-state index contributed by atoms with van der Waals surface area (Å²) in [7, 11) is 0. The van der Waals surface area contributed by atoms with Crippen LogP contribution in [0.2, 0.25) is 0 Å². The van der Waals surface area contributed by atoms with Crippen LogP contribution in [0.4, 0.5) is 0 Å². The van der Waals surface area contributed by atoms with Crippen molar-refractivity contribution in [1.82, 2.24) is 9.55 Å². The van der Waals surface area contributed by atoms with Crippen LogP contribution in [0.5, 0.6) is 0 Å². The van der Waals surface area contributed by atoms with Crippen molar-refractivity contribution in [1.29, 1.82) is 0 Å². The van der Waals surface area contributed by atoms with E-state index in [1.54, 1.807) is 4.57 Å². The molecular formula is C47H30N2. The Labute approximate surface area is 291 Å². The average molecular weight is 628 g/mol. The number of imidazole rings is 1. The lowest BCUT2D eigenvalue weighted by Crippen LogP contribution is -1.97. The average Bonchev–Trinajstić information content (AvgIpc) is 3.60. The highest BCUT2D eigenvalue weighted by Gasteiger charge is 2.20. The van der Waals surface area contributed by atoms with E-state index < -0.39 is 6.04 Å². The molecule has 0 saturated carbocycles. The third-order valence-corrected chi connectivity index (χ3v) is 9.67. The first kappa shape index (κ1) is 22.9. The molecule has 0 saturated heterocycles. The monoisotopic (exact) mass is 627 g/mol. The molecule has 1 aromatic heterocycles. The Morgan fingerprint density at radius 1 is 0.449 bits per heavy atom. The summed E-state index contributed by atoms with van der Waals surface area (Å²) >= 11 is 0. The summed E-state index contributed by atoms with van der Waals surface area (Å²) in [5, 5.41) is 9.50. The maximum absolute atomic E-state index is 8.79. The first-order chi connectivity index (χ1) is 26.4. The van der Waals surface area contributed by atoms with Crippen molar-refractivity contribution in [3.63, 3.8) is 0 Å². The molecule has 0 spiro atoms. The van der Waals surface area contributed by atoms with E-state index in [1.165, 1.54) is 43.4 Å². The molecule has 0 unspecified atom stereocenters. The first-order valence-electron chi connectivity index (χ1n) is 18.9. The molecule has 1 heterocycles. The molecule has 10 rings (SSSR count). The van der Waals surface area contributed by atoms with E-state index in [1.807, 2.05) is 36.4 Å². The third-order valence-electron chi connectivity index (χ3n) is 9.67. The van der Waals surface area contributed by atoms with Crippen LogP contribution >= 0.6 is 0 Å². The van der Waals surface area contributed by atoms with Gasteiger partial charge in [0.25, 0.3) is 0 Å². The smallest absolute Gasteiger partial charge is 0.145 e. The van der Waals surface area contributed by atoms with E-state index in [9.17, 15) is 0 Å². The number of benzene rings is 9. The van der Waals surface area contributed by atoms with Gasteiger partial charge in [0.2, 0.25) is 0 Å². The van der Waals surface area contributed by atoms with E-state index in [-0.39, 0.29) is 29.9 Å². The Kier molecular flexibility index (Phi) is 5.16. The van der Waals surface area contributed by atoms with Crippen LogP contribution in [-0.2, 0) is 0 Å². The van der Waals surface area contributed by atoms with Gasteiger partial charge < -0.3 is 0 Å². The largest absolute Gasteiger partial charge is 0.292 e. The number of para-hydroxylation sites is 3. The Hall–Kier alpha value is -6.51. The summed E-state index contributed by atoms with van der Waals surface area (Å²) in [6.07, 6.45) is 0. The van der Waals surface area contributed by atoms with Gasteiger partial charge in [0.05, 0.1) is 17.9 Å². The minimum Gasteiger partial charge on any atom is -0.292 e. The van der Waals surface area contributed by atoms with Crippen LogP contribution in [0, 0.1) is 0 Å². The highest BCUT2D eigenvalue weighted by Crippen LogP contribution is 2.46. The predicted molar refractivity (Wildman–Crippen MR) is 207 cm³/mol. The topological polar surface area (TPSA) is 17.8 Å². The molecule has 2 nitrogen and oxygen atoms in total. The first-order valence-corrected chi connectivity index (χ1v) is 16.4. The molecule has 0 fully saturated rings. The summed E-state index contributed by atoms with van der Waals surface area (Å²) in [4.78, 5) is 4.94. The van der Waals surface area contributed by atoms with Crippen molar-refractivity contribution in [2.75, 3.05) is 0 Å². The van der Waals surface area contributed by atoms with Crippen LogP contribution in [0.15, 0.2) is 182 Å². The van der Waals surface area contributed by atoms with Gasteiger partial charge in [-0.15, -0.1) is 0 Å². The lowest BCUT2D eigenvalue weighted by molar-refractivity contribution is 1.10. The number of hydrogen-bond donors (Lipinski definition) is 0. The number of hydrogen-bond acceptors (Lipinski definition) is 1. The predicted octanol–water partition coefficient (Wildman–Crippen LogP) is 12.6. The fraction of sp³-hybridized carbons (Fsp3) is 0. The van der Waals surface area contributed by atoms with Crippen LogP contribution < -0.4 is 0 Å². The van der Waals surface area contributed by atoms with Gasteiger partial charge in [0.1, 0.15) is 5.82 Å². The quantitative estimate of drug-likeness (QED) is 0.140. The van der Waals surface area contributed by atoms with Gasteiger partial charge in [-0.05, 0) is 95.6 Å². The molecule has 2 heteroatoms. The zero-order valence-corrected chi connectivity index (χ0v) is 26.3. The molecule has 0 aliphatic rings. The highest BCUT2D eigenvalue weighted by atomic mass is 15.1. The SMILES string of the molecule is [2H]c1c([2H])c([2H])c(-n2c(-c3ccc(-c4c5ccccc5c(-c5cc6ccccc6c6ccccc56)c5ccccc45)cc3)nc3ccccc32)c([2H])c1[2H]. The summed E-state index contributed by atoms with van der Waals surface area (Å²) in [6, 6.07) is 50.8. The Morgan fingerprint density at radius 3 is 1.67 bits per heavy atom. The van der Waals surface area contributed by atoms with Crippen LogP contribution in [0.3, 0.4) is 0 Å². The normalized spacial score (nSPS) is 13.1. The molecule has 0 aliphatic carbocycles. The molecule has 228 valence electrons. The van der Waals surface area contributed by atoms with Gasteiger partial charge in [-0.3, -0.25) is 4.57 Å². The molecule has 0 N–H and O–H groups in total. The lowest BCUT2D eigenvalue weighted by atomic mass is 9.84. The number of rotatable bonds is 4. The van der Waals surface area contributed by atoms with E-state index in [2.05, 4.69) is 115 Å². The second kappa shape index (κ2) is 11.0. The van der Waals surface area contributed by atoms with E-state index >= 15 is 0 Å². The molecule has 0 radical (unpaired) electrons. The molecule has 0 amide bonds.